The maximum absolute atomic E-state index is 13.2. The van der Waals surface area contributed by atoms with Gasteiger partial charge in [0.1, 0.15) is 46.1 Å². The molecular formula is C40H14F4N24O4+2. The summed E-state index contributed by atoms with van der Waals surface area (Å²) < 4.78 is 54.9. The van der Waals surface area contributed by atoms with Crippen LogP contribution >= 0.6 is 0 Å². The molecule has 2 unspecified atom stereocenters. The van der Waals surface area contributed by atoms with Gasteiger partial charge in [0.25, 0.3) is 11.6 Å². The molecule has 8 aliphatic rings. The molecule has 8 aromatic rings. The van der Waals surface area contributed by atoms with E-state index in [9.17, 15) is 36.7 Å². The van der Waals surface area contributed by atoms with Gasteiger partial charge in [-0.3, -0.25) is 19.2 Å². The minimum atomic E-state index is -0.689. The van der Waals surface area contributed by atoms with Crippen LogP contribution in [0.3, 0.4) is 0 Å². The van der Waals surface area contributed by atoms with Gasteiger partial charge in [0.2, 0.25) is 33.6 Å². The molecule has 4 aliphatic carbocycles. The monoisotopic (exact) mass is 970 g/mol. The molecule has 344 valence electrons. The highest BCUT2D eigenvalue weighted by Crippen LogP contribution is 2.36. The van der Waals surface area contributed by atoms with Crippen molar-refractivity contribution >= 4 is 57.5 Å². The minimum absolute atomic E-state index is 0.135. The van der Waals surface area contributed by atoms with Crippen LogP contribution in [0, 0.1) is 23.3 Å². The summed E-state index contributed by atoms with van der Waals surface area (Å²) in [4.78, 5) is 67.3. The molecule has 8 heterocycles. The number of hydrazone groups is 2. The van der Waals surface area contributed by atoms with Crippen molar-refractivity contribution in [3.05, 3.63) is 141 Å². The highest BCUT2D eigenvalue weighted by atomic mass is 19.1. The summed E-state index contributed by atoms with van der Waals surface area (Å²) in [5, 5.41) is 58.8. The first-order chi connectivity index (χ1) is 34.9. The normalized spacial score (nSPS) is 17.9. The molecule has 2 atom stereocenters. The van der Waals surface area contributed by atoms with E-state index in [4.69, 9.17) is 0 Å². The first-order valence-corrected chi connectivity index (χ1v) is 20.4. The summed E-state index contributed by atoms with van der Waals surface area (Å²) >= 11 is 0. The van der Waals surface area contributed by atoms with Gasteiger partial charge in [0.05, 0.1) is 0 Å². The van der Waals surface area contributed by atoms with Crippen LogP contribution < -0.4 is 0 Å². The van der Waals surface area contributed by atoms with Gasteiger partial charge in [-0.2, -0.15) is 0 Å². The third-order valence-electron chi connectivity index (χ3n) is 11.3. The van der Waals surface area contributed by atoms with Gasteiger partial charge in [-0.25, -0.2) is 37.5 Å². The third-order valence-corrected chi connectivity index (χ3v) is 11.3. The van der Waals surface area contributed by atoms with Gasteiger partial charge in [-0.05, 0) is 93.6 Å². The fourth-order valence-corrected chi connectivity index (χ4v) is 8.10. The highest BCUT2D eigenvalue weighted by Gasteiger charge is 2.44. The van der Waals surface area contributed by atoms with Crippen molar-refractivity contribution in [3.63, 3.8) is 0 Å². The Morgan fingerprint density at radius 3 is 1.40 bits per heavy atom. The Kier molecular flexibility index (Phi) is 8.82. The maximum Gasteiger partial charge on any atom is 0.374 e. The Morgan fingerprint density at radius 1 is 0.431 bits per heavy atom. The average Bonchev–Trinajstić information content (AvgIpc) is 4.28. The van der Waals surface area contributed by atoms with Crippen molar-refractivity contribution < 1.29 is 46.4 Å². The van der Waals surface area contributed by atoms with Crippen molar-refractivity contribution in [3.8, 4) is 22.5 Å². The number of ketones is 4. The summed E-state index contributed by atoms with van der Waals surface area (Å²) in [6.07, 6.45) is -1.35. The predicted molar refractivity (Wildman–Crippen MR) is 222 cm³/mol. The van der Waals surface area contributed by atoms with Gasteiger partial charge in [-0.15, -0.1) is 10.2 Å². The number of benzene rings is 4. The predicted octanol–water partition coefficient (Wildman–Crippen LogP) is 3.15. The highest BCUT2D eigenvalue weighted by molar-refractivity contribution is 6.78. The number of aromatic nitrogens is 12. The fourth-order valence-electron chi connectivity index (χ4n) is 8.10. The first kappa shape index (κ1) is 41.4. The Balaban J connectivity index is 0.0000000933. The van der Waals surface area contributed by atoms with E-state index < -0.39 is 35.8 Å². The van der Waals surface area contributed by atoms with Crippen LogP contribution in [0.4, 0.5) is 17.6 Å². The summed E-state index contributed by atoms with van der Waals surface area (Å²) in [7, 11) is 0. The largest absolute Gasteiger partial charge is 0.374 e. The van der Waals surface area contributed by atoms with Crippen molar-refractivity contribution in [1.82, 2.24) is 60.5 Å². The minimum Gasteiger partial charge on any atom is -0.287 e. The van der Waals surface area contributed by atoms with Gasteiger partial charge in [0, 0.05) is 64.3 Å². The lowest BCUT2D eigenvalue weighted by molar-refractivity contribution is -0.623. The van der Waals surface area contributed by atoms with E-state index in [1.165, 1.54) is 72.8 Å². The van der Waals surface area contributed by atoms with Crippen LogP contribution in [-0.2, 0) is 0 Å². The second-order valence-corrected chi connectivity index (χ2v) is 15.4. The Hall–Kier alpha value is -10.8. The molecule has 0 N–H and O–H groups in total. The van der Waals surface area contributed by atoms with Crippen LogP contribution in [-0.4, -0.2) is 129 Å². The van der Waals surface area contributed by atoms with Gasteiger partial charge < -0.3 is 0 Å². The molecule has 4 aromatic heterocycles. The van der Waals surface area contributed by atoms with Gasteiger partial charge in [-0.1, -0.05) is 29.7 Å². The number of carbonyl (C=O) groups excluding carboxylic acids is 4. The number of tetrazole rings is 2. The molecule has 28 nitrogen and oxygen atoms in total. The van der Waals surface area contributed by atoms with Crippen molar-refractivity contribution in [2.24, 2.45) is 51.3 Å². The zero-order valence-corrected chi connectivity index (χ0v) is 35.0. The Labute approximate surface area is 390 Å². The molecular weight excluding hydrogens is 957 g/mol. The van der Waals surface area contributed by atoms with E-state index >= 15 is 0 Å². The molecule has 0 saturated carbocycles. The third kappa shape index (κ3) is 6.38. The summed E-state index contributed by atoms with van der Waals surface area (Å²) in [6.45, 7) is 0. The molecule has 0 spiro atoms. The van der Waals surface area contributed by atoms with Crippen LogP contribution in [0.2, 0.25) is 0 Å². The molecule has 32 heteroatoms. The lowest BCUT2D eigenvalue weighted by atomic mass is 10.1. The SMILES string of the molecule is O=C1C2=N[N+]3=NN=NC3N=C2c2cc(F)ccc21.O=C1C2=N[N+]3=NN=NC3N=C2c2ccc(F)cc21.O=C1c2cc(F)ccc2-c2nc3nnnn3nc21.O=C1c2ccc(F)cc2-c2nc3nnnn3nc21. The van der Waals surface area contributed by atoms with Crippen molar-refractivity contribution in [1.29, 1.82) is 0 Å². The number of rotatable bonds is 0. The molecule has 0 amide bonds. The van der Waals surface area contributed by atoms with Crippen LogP contribution in [0.15, 0.2) is 124 Å². The number of aliphatic imine (C=N–C) groups is 2. The number of Topliss-reactive ketones (excluding diaryl/α,β-unsaturated/α-hetero) is 2. The standard InChI is InChI=1S/C10H4FN6O.C10H3FN6O.C10H4FN6O.C10H3FN6O/c2*11-4-1-2-5-6(3-4)7-8(9(5)18)14-17-10(12-7)13-15-16-17;2*11-4-1-2-5-6(3-4)9(18)8-7(5)12-10-13-15-16-17(10)14-8/h1-3,10H;1-3H;1-3,10H;1-3H/q+1;;+1;. The summed E-state index contributed by atoms with van der Waals surface area (Å²) in [5.41, 5.74) is 5.35. The number of nitrogens with zero attached hydrogens (tertiary/aromatic N) is 24. The zero-order chi connectivity index (χ0) is 49.1. The summed E-state index contributed by atoms with van der Waals surface area (Å²) in [5.74, 6) is -2.76. The second-order valence-electron chi connectivity index (χ2n) is 15.4. The maximum atomic E-state index is 13.2. The van der Waals surface area contributed by atoms with Crippen LogP contribution in [0.5, 0.6) is 0 Å². The molecule has 0 saturated heterocycles. The smallest absolute Gasteiger partial charge is 0.287 e. The molecule has 0 radical (unpaired) electrons. The van der Waals surface area contributed by atoms with E-state index in [1.54, 1.807) is 0 Å². The fraction of sp³-hybridized carbons (Fsp3) is 0.0500. The van der Waals surface area contributed by atoms with Gasteiger partial charge >= 0.3 is 12.6 Å². The zero-order valence-electron chi connectivity index (χ0n) is 35.0. The van der Waals surface area contributed by atoms with Gasteiger partial charge in [0.15, 0.2) is 33.3 Å². The molecule has 0 fully saturated rings. The number of hydrogen-bond acceptors (Lipinski definition) is 24. The molecule has 0 bridgehead atoms. The first-order valence-electron chi connectivity index (χ1n) is 20.4. The number of hydrogen-bond donors (Lipinski definition) is 0. The lowest BCUT2D eigenvalue weighted by Crippen LogP contribution is -2.28. The van der Waals surface area contributed by atoms with Crippen LogP contribution in [0.25, 0.3) is 34.1 Å². The molecule has 72 heavy (non-hydrogen) atoms. The Bertz CT molecular complexity index is 4160. The average molecular weight is 971 g/mol. The van der Waals surface area contributed by atoms with E-state index in [-0.39, 0.29) is 68.6 Å². The van der Waals surface area contributed by atoms with Crippen molar-refractivity contribution in [2.45, 2.75) is 12.6 Å². The van der Waals surface area contributed by atoms with Crippen molar-refractivity contribution in [2.75, 3.05) is 0 Å². The number of halogens is 4. The Morgan fingerprint density at radius 2 is 0.847 bits per heavy atom. The molecule has 4 aliphatic heterocycles. The number of carbonyl (C=O) groups is 4. The molecule has 4 aromatic carbocycles. The molecule has 16 rings (SSSR count). The van der Waals surface area contributed by atoms with E-state index in [2.05, 4.69) is 103 Å². The number of fused-ring (bicyclic) bond motifs is 16. The van der Waals surface area contributed by atoms with E-state index in [0.29, 0.717) is 56.2 Å². The van der Waals surface area contributed by atoms with E-state index in [1.807, 2.05) is 0 Å². The quantitative estimate of drug-likeness (QED) is 0.156. The lowest BCUT2D eigenvalue weighted by Gasteiger charge is -2.05. The second kappa shape index (κ2) is 15.3. The topological polar surface area (TPSA) is 336 Å². The summed E-state index contributed by atoms with van der Waals surface area (Å²) in [6, 6.07) is 15.8. The van der Waals surface area contributed by atoms with E-state index in [0.717, 1.165) is 18.9 Å². The van der Waals surface area contributed by atoms with Crippen LogP contribution in [0.1, 0.15) is 63.9 Å².